The summed E-state index contributed by atoms with van der Waals surface area (Å²) in [6, 6.07) is 2.08. The van der Waals surface area contributed by atoms with Gasteiger partial charge in [-0.1, -0.05) is 6.92 Å². The quantitative estimate of drug-likeness (QED) is 0.787. The van der Waals surface area contributed by atoms with Gasteiger partial charge >= 0.3 is 0 Å². The van der Waals surface area contributed by atoms with E-state index in [9.17, 15) is 0 Å². The fraction of sp³-hybridized carbons (Fsp3) is 0.500. The Hall–Kier alpha value is -1.69. The summed E-state index contributed by atoms with van der Waals surface area (Å²) in [7, 11) is 0. The lowest BCUT2D eigenvalue weighted by Crippen LogP contribution is -2.28. The van der Waals surface area contributed by atoms with Crippen LogP contribution in [-0.2, 0) is 0 Å². The molecule has 0 aliphatic heterocycles. The number of aryl methyl sites for hydroxylation is 1. The maximum Gasteiger partial charge on any atom is 0.254 e. The number of rotatable bonds is 4. The first kappa shape index (κ1) is 10.8. The van der Waals surface area contributed by atoms with E-state index in [1.807, 2.05) is 13.0 Å². The molecule has 6 heteroatoms. The zero-order valence-corrected chi connectivity index (χ0v) is 9.51. The summed E-state index contributed by atoms with van der Waals surface area (Å²) >= 11 is 0. The smallest absolute Gasteiger partial charge is 0.254 e. The summed E-state index contributed by atoms with van der Waals surface area (Å²) in [4.78, 5) is 8.32. The average Bonchev–Trinajstić information content (AvgIpc) is 2.73. The zero-order valence-electron chi connectivity index (χ0n) is 9.51. The fourth-order valence-corrected chi connectivity index (χ4v) is 1.44. The Balaban J connectivity index is 2.25. The Morgan fingerprint density at radius 3 is 3.12 bits per heavy atom. The molecular formula is C10H16N6. The Morgan fingerprint density at radius 2 is 2.38 bits per heavy atom. The monoisotopic (exact) mass is 220 g/mol. The topological polar surface area (TPSA) is 81.1 Å². The van der Waals surface area contributed by atoms with E-state index >= 15 is 0 Å². The van der Waals surface area contributed by atoms with Crippen LogP contribution in [0.25, 0.3) is 5.78 Å². The van der Waals surface area contributed by atoms with Gasteiger partial charge in [-0.15, -0.1) is 0 Å². The number of fused-ring (bicyclic) bond motifs is 1. The summed E-state index contributed by atoms with van der Waals surface area (Å²) in [5, 5.41) is 7.36. The van der Waals surface area contributed by atoms with Gasteiger partial charge in [0, 0.05) is 24.3 Å². The lowest BCUT2D eigenvalue weighted by Gasteiger charge is -2.12. The second-order valence-corrected chi connectivity index (χ2v) is 3.80. The molecule has 2 aromatic heterocycles. The molecule has 86 valence electrons. The van der Waals surface area contributed by atoms with Crippen LogP contribution in [0.3, 0.4) is 0 Å². The molecule has 0 saturated heterocycles. The van der Waals surface area contributed by atoms with E-state index < -0.39 is 0 Å². The summed E-state index contributed by atoms with van der Waals surface area (Å²) in [6.45, 7) is 4.71. The molecule has 0 amide bonds. The fourth-order valence-electron chi connectivity index (χ4n) is 1.44. The third-order valence-corrected chi connectivity index (χ3v) is 2.45. The number of anilines is 1. The molecule has 2 heterocycles. The average molecular weight is 220 g/mol. The Bertz CT molecular complexity index is 477. The van der Waals surface area contributed by atoms with Gasteiger partial charge in [-0.05, 0) is 13.3 Å². The van der Waals surface area contributed by atoms with E-state index in [1.165, 1.54) is 6.33 Å². The first-order chi connectivity index (χ1) is 7.70. The molecule has 0 fully saturated rings. The molecule has 0 spiro atoms. The first-order valence-corrected chi connectivity index (χ1v) is 5.37. The number of hydrogen-bond acceptors (Lipinski definition) is 5. The molecule has 0 aromatic carbocycles. The summed E-state index contributed by atoms with van der Waals surface area (Å²) < 4.78 is 1.68. The Kier molecular flexibility index (Phi) is 3.00. The molecule has 1 atom stereocenters. The highest BCUT2D eigenvalue weighted by Gasteiger charge is 2.06. The van der Waals surface area contributed by atoms with Crippen molar-refractivity contribution in [2.24, 2.45) is 5.73 Å². The maximum atomic E-state index is 5.85. The van der Waals surface area contributed by atoms with Gasteiger partial charge < -0.3 is 11.1 Å². The van der Waals surface area contributed by atoms with E-state index in [2.05, 4.69) is 27.3 Å². The summed E-state index contributed by atoms with van der Waals surface area (Å²) in [6.07, 6.45) is 2.43. The van der Waals surface area contributed by atoms with Crippen molar-refractivity contribution < 1.29 is 0 Å². The standard InChI is InChI=1S/C10H16N6/c1-3-8(11)5-12-9-4-7(2)15-10-13-6-14-16(9)10/h4,6,8,12H,3,5,11H2,1-2H3. The van der Waals surface area contributed by atoms with Gasteiger partial charge in [0.05, 0.1) is 0 Å². The molecule has 16 heavy (non-hydrogen) atoms. The molecule has 1 unspecified atom stereocenters. The maximum absolute atomic E-state index is 5.85. The molecule has 3 N–H and O–H groups in total. The van der Waals surface area contributed by atoms with Crippen molar-refractivity contribution in [3.8, 4) is 0 Å². The van der Waals surface area contributed by atoms with Crippen LogP contribution in [-0.4, -0.2) is 32.2 Å². The van der Waals surface area contributed by atoms with Gasteiger partial charge in [-0.25, -0.2) is 4.98 Å². The van der Waals surface area contributed by atoms with Crippen LogP contribution < -0.4 is 11.1 Å². The molecular weight excluding hydrogens is 204 g/mol. The minimum absolute atomic E-state index is 0.145. The van der Waals surface area contributed by atoms with E-state index in [1.54, 1.807) is 4.52 Å². The van der Waals surface area contributed by atoms with Gasteiger partial charge in [0.1, 0.15) is 12.1 Å². The zero-order chi connectivity index (χ0) is 11.5. The molecule has 0 saturated carbocycles. The number of hydrogen-bond donors (Lipinski definition) is 2. The third kappa shape index (κ3) is 2.11. The number of nitrogens with one attached hydrogen (secondary N) is 1. The van der Waals surface area contributed by atoms with Gasteiger partial charge in [-0.3, -0.25) is 0 Å². The third-order valence-electron chi connectivity index (χ3n) is 2.45. The second kappa shape index (κ2) is 4.44. The molecule has 6 nitrogen and oxygen atoms in total. The van der Waals surface area contributed by atoms with Crippen molar-refractivity contribution in [2.75, 3.05) is 11.9 Å². The summed E-state index contributed by atoms with van der Waals surface area (Å²) in [5.74, 6) is 1.48. The van der Waals surface area contributed by atoms with Crippen LogP contribution in [0.15, 0.2) is 12.4 Å². The predicted molar refractivity (Wildman–Crippen MR) is 62.3 cm³/mol. The van der Waals surface area contributed by atoms with E-state index in [-0.39, 0.29) is 6.04 Å². The van der Waals surface area contributed by atoms with Crippen LogP contribution >= 0.6 is 0 Å². The van der Waals surface area contributed by atoms with Crippen LogP contribution in [0, 0.1) is 6.92 Å². The summed E-state index contributed by atoms with van der Waals surface area (Å²) in [5.41, 5.74) is 6.77. The normalized spacial score (nSPS) is 12.9. The lowest BCUT2D eigenvalue weighted by atomic mass is 10.2. The molecule has 0 radical (unpaired) electrons. The second-order valence-electron chi connectivity index (χ2n) is 3.80. The van der Waals surface area contributed by atoms with E-state index in [0.717, 1.165) is 24.5 Å². The van der Waals surface area contributed by atoms with Crippen molar-refractivity contribution in [1.82, 2.24) is 19.6 Å². The van der Waals surface area contributed by atoms with Crippen molar-refractivity contribution in [2.45, 2.75) is 26.3 Å². The number of nitrogens with zero attached hydrogens (tertiary/aromatic N) is 4. The van der Waals surface area contributed by atoms with E-state index in [4.69, 9.17) is 5.73 Å². The highest BCUT2D eigenvalue weighted by atomic mass is 15.3. The van der Waals surface area contributed by atoms with Crippen LogP contribution in [0.1, 0.15) is 19.0 Å². The van der Waals surface area contributed by atoms with Crippen LogP contribution in [0.2, 0.25) is 0 Å². The molecule has 0 bridgehead atoms. The van der Waals surface area contributed by atoms with Crippen molar-refractivity contribution in [1.29, 1.82) is 0 Å². The lowest BCUT2D eigenvalue weighted by molar-refractivity contribution is 0.675. The van der Waals surface area contributed by atoms with Crippen molar-refractivity contribution >= 4 is 11.6 Å². The van der Waals surface area contributed by atoms with Gasteiger partial charge in [0.25, 0.3) is 5.78 Å². The van der Waals surface area contributed by atoms with Gasteiger partial charge in [0.2, 0.25) is 0 Å². The van der Waals surface area contributed by atoms with Crippen molar-refractivity contribution in [3.05, 3.63) is 18.1 Å². The van der Waals surface area contributed by atoms with Crippen LogP contribution in [0.4, 0.5) is 5.82 Å². The minimum Gasteiger partial charge on any atom is -0.368 e. The van der Waals surface area contributed by atoms with Gasteiger partial charge in [0.15, 0.2) is 0 Å². The minimum atomic E-state index is 0.145. The highest BCUT2D eigenvalue weighted by molar-refractivity contribution is 5.44. The number of nitrogens with two attached hydrogens (primary N) is 1. The van der Waals surface area contributed by atoms with Crippen LogP contribution in [0.5, 0.6) is 0 Å². The first-order valence-electron chi connectivity index (χ1n) is 5.37. The SMILES string of the molecule is CCC(N)CNc1cc(C)nc2ncnn12. The van der Waals surface area contributed by atoms with Crippen molar-refractivity contribution in [3.63, 3.8) is 0 Å². The molecule has 2 aromatic rings. The number of aromatic nitrogens is 4. The Morgan fingerprint density at radius 1 is 1.56 bits per heavy atom. The largest absolute Gasteiger partial charge is 0.368 e. The van der Waals surface area contributed by atoms with Gasteiger partial charge in [-0.2, -0.15) is 14.6 Å². The molecule has 0 aliphatic rings. The Labute approximate surface area is 93.9 Å². The van der Waals surface area contributed by atoms with E-state index in [0.29, 0.717) is 5.78 Å². The molecule has 2 rings (SSSR count). The molecule has 0 aliphatic carbocycles. The predicted octanol–water partition coefficient (Wildman–Crippen LogP) is 0.582. The highest BCUT2D eigenvalue weighted by Crippen LogP contribution is 2.09.